The van der Waals surface area contributed by atoms with E-state index in [0.29, 0.717) is 0 Å². The monoisotopic (exact) mass is 203 g/mol. The lowest BCUT2D eigenvalue weighted by molar-refractivity contribution is 0.414. The van der Waals surface area contributed by atoms with E-state index in [1.165, 1.54) is 5.56 Å². The van der Waals surface area contributed by atoms with E-state index in [1.54, 1.807) is 7.11 Å². The zero-order valence-electron chi connectivity index (χ0n) is 9.07. The molecule has 0 fully saturated rings. The SMILES string of the molecule is C#CCCC(N)Cc1ccc(OC)cc1. The minimum atomic E-state index is 0.148. The summed E-state index contributed by atoms with van der Waals surface area (Å²) in [5.41, 5.74) is 7.16. The molecule has 2 heteroatoms. The maximum atomic E-state index is 5.94. The van der Waals surface area contributed by atoms with Gasteiger partial charge in [0.25, 0.3) is 0 Å². The first-order chi connectivity index (χ1) is 7.26. The predicted octanol–water partition coefficient (Wildman–Crippen LogP) is 1.98. The van der Waals surface area contributed by atoms with Gasteiger partial charge in [-0.3, -0.25) is 0 Å². The summed E-state index contributed by atoms with van der Waals surface area (Å²) in [4.78, 5) is 0. The van der Waals surface area contributed by atoms with E-state index in [4.69, 9.17) is 16.9 Å². The molecule has 1 unspecified atom stereocenters. The predicted molar refractivity (Wildman–Crippen MR) is 62.7 cm³/mol. The zero-order valence-corrected chi connectivity index (χ0v) is 9.07. The zero-order chi connectivity index (χ0) is 11.1. The van der Waals surface area contributed by atoms with Crippen LogP contribution in [0.1, 0.15) is 18.4 Å². The van der Waals surface area contributed by atoms with Crippen molar-refractivity contribution < 1.29 is 4.74 Å². The molecule has 0 amide bonds. The van der Waals surface area contributed by atoms with Crippen molar-refractivity contribution in [3.8, 4) is 18.1 Å². The second-order valence-corrected chi connectivity index (χ2v) is 3.56. The van der Waals surface area contributed by atoms with Gasteiger partial charge in [-0.15, -0.1) is 12.3 Å². The van der Waals surface area contributed by atoms with Crippen molar-refractivity contribution in [3.63, 3.8) is 0 Å². The molecule has 1 aromatic carbocycles. The molecule has 1 atom stereocenters. The third-order valence-electron chi connectivity index (χ3n) is 2.32. The molecule has 0 aliphatic rings. The molecule has 2 nitrogen and oxygen atoms in total. The molecule has 1 aromatic rings. The summed E-state index contributed by atoms with van der Waals surface area (Å²) in [7, 11) is 1.66. The molecule has 0 aliphatic carbocycles. The average molecular weight is 203 g/mol. The smallest absolute Gasteiger partial charge is 0.118 e. The van der Waals surface area contributed by atoms with Crippen LogP contribution in [0.25, 0.3) is 0 Å². The van der Waals surface area contributed by atoms with Gasteiger partial charge in [0, 0.05) is 12.5 Å². The molecule has 0 saturated heterocycles. The van der Waals surface area contributed by atoms with Gasteiger partial charge < -0.3 is 10.5 Å². The highest BCUT2D eigenvalue weighted by Crippen LogP contribution is 2.13. The van der Waals surface area contributed by atoms with E-state index in [0.717, 1.165) is 25.0 Å². The Kier molecular flexibility index (Phi) is 4.73. The van der Waals surface area contributed by atoms with Gasteiger partial charge in [0.2, 0.25) is 0 Å². The number of hydrogen-bond donors (Lipinski definition) is 1. The maximum absolute atomic E-state index is 5.94. The molecule has 0 heterocycles. The number of terminal acetylenes is 1. The number of hydrogen-bond acceptors (Lipinski definition) is 2. The third kappa shape index (κ3) is 4.05. The molecular formula is C13H17NO. The minimum Gasteiger partial charge on any atom is -0.497 e. The van der Waals surface area contributed by atoms with Crippen LogP contribution in [-0.2, 0) is 6.42 Å². The topological polar surface area (TPSA) is 35.2 Å². The van der Waals surface area contributed by atoms with Crippen LogP contribution in [0.4, 0.5) is 0 Å². The highest BCUT2D eigenvalue weighted by atomic mass is 16.5. The van der Waals surface area contributed by atoms with E-state index in [2.05, 4.69) is 5.92 Å². The molecule has 0 saturated carbocycles. The van der Waals surface area contributed by atoms with Crippen LogP contribution in [-0.4, -0.2) is 13.2 Å². The summed E-state index contributed by atoms with van der Waals surface area (Å²) in [5.74, 6) is 3.47. The molecule has 0 aromatic heterocycles. The molecule has 1 rings (SSSR count). The van der Waals surface area contributed by atoms with E-state index in [-0.39, 0.29) is 6.04 Å². The lowest BCUT2D eigenvalue weighted by Crippen LogP contribution is -2.22. The van der Waals surface area contributed by atoms with Crippen molar-refractivity contribution in [2.24, 2.45) is 5.73 Å². The minimum absolute atomic E-state index is 0.148. The molecule has 0 spiro atoms. The fraction of sp³-hybridized carbons (Fsp3) is 0.385. The second-order valence-electron chi connectivity index (χ2n) is 3.56. The number of rotatable bonds is 5. The quantitative estimate of drug-likeness (QED) is 0.743. The third-order valence-corrected chi connectivity index (χ3v) is 2.32. The molecule has 2 N–H and O–H groups in total. The molecule has 15 heavy (non-hydrogen) atoms. The Labute approximate surface area is 91.4 Å². The van der Waals surface area contributed by atoms with Crippen LogP contribution >= 0.6 is 0 Å². The normalized spacial score (nSPS) is 11.8. The number of ether oxygens (including phenoxy) is 1. The van der Waals surface area contributed by atoms with Crippen LogP contribution < -0.4 is 10.5 Å². The van der Waals surface area contributed by atoms with E-state index >= 15 is 0 Å². The van der Waals surface area contributed by atoms with Crippen molar-refractivity contribution in [2.45, 2.75) is 25.3 Å². The first-order valence-corrected chi connectivity index (χ1v) is 5.08. The van der Waals surface area contributed by atoms with Crippen molar-refractivity contribution in [2.75, 3.05) is 7.11 Å². The van der Waals surface area contributed by atoms with Crippen molar-refractivity contribution >= 4 is 0 Å². The van der Waals surface area contributed by atoms with Gasteiger partial charge in [-0.25, -0.2) is 0 Å². The van der Waals surface area contributed by atoms with Crippen LogP contribution in [0.3, 0.4) is 0 Å². The first kappa shape index (κ1) is 11.6. The van der Waals surface area contributed by atoms with Gasteiger partial charge in [-0.1, -0.05) is 12.1 Å². The van der Waals surface area contributed by atoms with Gasteiger partial charge in [-0.2, -0.15) is 0 Å². The highest BCUT2D eigenvalue weighted by molar-refractivity contribution is 5.27. The highest BCUT2D eigenvalue weighted by Gasteiger charge is 2.03. The summed E-state index contributed by atoms with van der Waals surface area (Å²) in [6.45, 7) is 0. The largest absolute Gasteiger partial charge is 0.497 e. The van der Waals surface area contributed by atoms with E-state index in [1.807, 2.05) is 24.3 Å². The van der Waals surface area contributed by atoms with Crippen molar-refractivity contribution in [1.82, 2.24) is 0 Å². The van der Waals surface area contributed by atoms with Gasteiger partial charge in [0.15, 0.2) is 0 Å². The Balaban J connectivity index is 2.46. The summed E-state index contributed by atoms with van der Waals surface area (Å²) >= 11 is 0. The molecule has 0 radical (unpaired) electrons. The maximum Gasteiger partial charge on any atom is 0.118 e. The van der Waals surface area contributed by atoms with Gasteiger partial charge >= 0.3 is 0 Å². The lowest BCUT2D eigenvalue weighted by Gasteiger charge is -2.10. The summed E-state index contributed by atoms with van der Waals surface area (Å²) in [5, 5.41) is 0. The van der Waals surface area contributed by atoms with E-state index in [9.17, 15) is 0 Å². The lowest BCUT2D eigenvalue weighted by atomic mass is 10.0. The van der Waals surface area contributed by atoms with Crippen LogP contribution in [0.2, 0.25) is 0 Å². The summed E-state index contributed by atoms with van der Waals surface area (Å²) < 4.78 is 5.08. The molecular weight excluding hydrogens is 186 g/mol. The van der Waals surface area contributed by atoms with Crippen LogP contribution in [0.15, 0.2) is 24.3 Å². The van der Waals surface area contributed by atoms with Gasteiger partial charge in [0.05, 0.1) is 7.11 Å². The second kappa shape index (κ2) is 6.10. The average Bonchev–Trinajstić information content (AvgIpc) is 2.27. The number of methoxy groups -OCH3 is 1. The van der Waals surface area contributed by atoms with Crippen molar-refractivity contribution in [1.29, 1.82) is 0 Å². The molecule has 80 valence electrons. The fourth-order valence-corrected chi connectivity index (χ4v) is 1.44. The summed E-state index contributed by atoms with van der Waals surface area (Å²) in [6, 6.07) is 8.12. The van der Waals surface area contributed by atoms with Crippen LogP contribution in [0.5, 0.6) is 5.75 Å². The van der Waals surface area contributed by atoms with Gasteiger partial charge in [-0.05, 0) is 30.5 Å². The van der Waals surface area contributed by atoms with Crippen molar-refractivity contribution in [3.05, 3.63) is 29.8 Å². The first-order valence-electron chi connectivity index (χ1n) is 5.08. The number of benzene rings is 1. The Morgan fingerprint density at radius 3 is 2.60 bits per heavy atom. The Morgan fingerprint density at radius 2 is 2.07 bits per heavy atom. The standard InChI is InChI=1S/C13H17NO/c1-3-4-5-12(14)10-11-6-8-13(15-2)9-7-11/h1,6-9,12H,4-5,10,14H2,2H3. The molecule has 0 bridgehead atoms. The molecule has 0 aliphatic heterocycles. The number of nitrogens with two attached hydrogens (primary N) is 1. The van der Waals surface area contributed by atoms with E-state index < -0.39 is 0 Å². The Morgan fingerprint density at radius 1 is 1.40 bits per heavy atom. The fourth-order valence-electron chi connectivity index (χ4n) is 1.44. The Hall–Kier alpha value is -1.46. The van der Waals surface area contributed by atoms with Gasteiger partial charge in [0.1, 0.15) is 5.75 Å². The summed E-state index contributed by atoms with van der Waals surface area (Å²) in [6.07, 6.45) is 7.68. The van der Waals surface area contributed by atoms with Crippen LogP contribution in [0, 0.1) is 12.3 Å². The Bertz CT molecular complexity index is 323.